The Morgan fingerprint density at radius 2 is 1.72 bits per heavy atom. The molecule has 2 N–H and O–H groups in total. The van der Waals surface area contributed by atoms with Gasteiger partial charge in [-0.3, -0.25) is 9.59 Å². The summed E-state index contributed by atoms with van der Waals surface area (Å²) < 4.78 is 19.8. The number of ether oxygens (including phenoxy) is 1. The topological polar surface area (TPSA) is 88.8 Å². The highest BCUT2D eigenvalue weighted by Crippen LogP contribution is 2.25. The van der Waals surface area contributed by atoms with Gasteiger partial charge in [-0.05, 0) is 88.7 Å². The van der Waals surface area contributed by atoms with Crippen molar-refractivity contribution in [3.8, 4) is 17.0 Å². The number of rotatable bonds is 8. The van der Waals surface area contributed by atoms with E-state index in [1.807, 2.05) is 24.3 Å². The zero-order chi connectivity index (χ0) is 25.7. The van der Waals surface area contributed by atoms with E-state index in [1.165, 1.54) is 0 Å². The van der Waals surface area contributed by atoms with E-state index in [1.54, 1.807) is 37.1 Å². The van der Waals surface area contributed by atoms with Gasteiger partial charge in [0.05, 0.1) is 6.61 Å². The van der Waals surface area contributed by atoms with Gasteiger partial charge in [0, 0.05) is 36.5 Å². The second kappa shape index (κ2) is 11.4. The molecule has 0 unspecified atom stereocenters. The summed E-state index contributed by atoms with van der Waals surface area (Å²) in [6, 6.07) is 10.6. The lowest BCUT2D eigenvalue weighted by molar-refractivity contribution is -0.123. The number of halogens is 1. The van der Waals surface area contributed by atoms with Crippen molar-refractivity contribution in [2.45, 2.75) is 57.7 Å². The van der Waals surface area contributed by atoms with Gasteiger partial charge in [0.25, 0.3) is 5.91 Å². The summed E-state index contributed by atoms with van der Waals surface area (Å²) in [4.78, 5) is 33.0. The van der Waals surface area contributed by atoms with Gasteiger partial charge < -0.3 is 20.3 Å². The Labute approximate surface area is 212 Å². The van der Waals surface area contributed by atoms with E-state index in [0.29, 0.717) is 43.5 Å². The lowest BCUT2D eigenvalue weighted by Gasteiger charge is -2.34. The number of likely N-dealkylation sites (tertiary alicyclic amines) is 2. The number of piperidine rings is 2. The first-order valence-corrected chi connectivity index (χ1v) is 12.9. The van der Waals surface area contributed by atoms with Crippen LogP contribution in [-0.4, -0.2) is 71.1 Å². The number of carbonyl (C=O) groups excluding carboxylic acids is 2. The van der Waals surface area contributed by atoms with Crippen molar-refractivity contribution in [2.75, 3.05) is 32.8 Å². The number of hydrogen-bond donors (Lipinski definition) is 1. The predicted octanol–water partition coefficient (Wildman–Crippen LogP) is 4.07. The third kappa shape index (κ3) is 6.81. The fraction of sp³-hybridized carbons (Fsp3) is 0.536. The summed E-state index contributed by atoms with van der Waals surface area (Å²) in [5.74, 6) is 0.426. The zero-order valence-corrected chi connectivity index (χ0v) is 21.3. The van der Waals surface area contributed by atoms with E-state index in [9.17, 15) is 14.0 Å². The Hall–Kier alpha value is -3.00. The molecule has 0 radical (unpaired) electrons. The van der Waals surface area contributed by atoms with E-state index in [2.05, 4.69) is 9.88 Å². The van der Waals surface area contributed by atoms with Gasteiger partial charge in [-0.25, -0.2) is 9.37 Å². The fourth-order valence-electron chi connectivity index (χ4n) is 5.12. The first-order valence-electron chi connectivity index (χ1n) is 12.9. The summed E-state index contributed by atoms with van der Waals surface area (Å²) in [7, 11) is 0. The quantitative estimate of drug-likeness (QED) is 0.595. The molecule has 194 valence electrons. The lowest BCUT2D eigenvalue weighted by atomic mass is 9.97. The number of nitrogens with two attached hydrogens (primary N) is 1. The molecule has 2 aliphatic rings. The van der Waals surface area contributed by atoms with Crippen LogP contribution in [0.25, 0.3) is 11.1 Å². The lowest BCUT2D eigenvalue weighted by Crippen LogP contribution is -2.50. The van der Waals surface area contributed by atoms with Crippen LogP contribution in [0.15, 0.2) is 42.6 Å². The predicted molar refractivity (Wildman–Crippen MR) is 137 cm³/mol. The number of amides is 2. The van der Waals surface area contributed by atoms with Gasteiger partial charge >= 0.3 is 0 Å². The molecule has 0 bridgehead atoms. The Bertz CT molecular complexity index is 1030. The second-order valence-corrected chi connectivity index (χ2v) is 10.6. The maximum absolute atomic E-state index is 13.9. The van der Waals surface area contributed by atoms with E-state index < -0.39 is 17.6 Å². The molecule has 1 aromatic carbocycles. The summed E-state index contributed by atoms with van der Waals surface area (Å²) in [6.07, 6.45) is 6.17. The number of benzene rings is 1. The molecule has 7 nitrogen and oxygen atoms in total. The Kier molecular flexibility index (Phi) is 8.24. The van der Waals surface area contributed by atoms with Crippen LogP contribution in [0.1, 0.15) is 56.3 Å². The van der Waals surface area contributed by atoms with Crippen molar-refractivity contribution in [2.24, 2.45) is 11.7 Å². The number of pyridine rings is 1. The average molecular weight is 497 g/mol. The van der Waals surface area contributed by atoms with Crippen molar-refractivity contribution in [3.05, 3.63) is 48.2 Å². The van der Waals surface area contributed by atoms with Gasteiger partial charge in [-0.15, -0.1) is 0 Å². The molecule has 2 amide bonds. The molecule has 36 heavy (non-hydrogen) atoms. The molecule has 1 atom stereocenters. The Balaban J connectivity index is 1.29. The van der Waals surface area contributed by atoms with E-state index >= 15 is 0 Å². The highest BCUT2D eigenvalue weighted by atomic mass is 19.1. The molecule has 2 aromatic rings. The zero-order valence-electron chi connectivity index (χ0n) is 21.3. The number of aromatic nitrogens is 1. The molecule has 2 fully saturated rings. The first kappa shape index (κ1) is 26.1. The minimum absolute atomic E-state index is 0.161. The molecule has 4 rings (SSSR count). The number of carbonyl (C=O) groups is 2. The van der Waals surface area contributed by atoms with Gasteiger partial charge in [0.15, 0.2) is 0 Å². The van der Waals surface area contributed by atoms with Crippen molar-refractivity contribution in [3.63, 3.8) is 0 Å². The molecular weight excluding hydrogens is 459 g/mol. The van der Waals surface area contributed by atoms with Crippen LogP contribution >= 0.6 is 0 Å². The molecule has 3 heterocycles. The smallest absolute Gasteiger partial charge is 0.254 e. The standard InChI is InChI=1S/C28H37FN4O3/c1-28(2,29)19-32-15-12-20(13-16-32)18-36-25-11-10-23(17-31-25)21-6-8-22(9-7-21)27(35)33-14-4-3-5-24(33)26(30)34/h6-11,17,20,24H,3-5,12-16,18-19H2,1-2H3,(H2,30,34)/t24-/m1/s1. The van der Waals surface area contributed by atoms with Gasteiger partial charge in [0.1, 0.15) is 11.7 Å². The summed E-state index contributed by atoms with van der Waals surface area (Å²) in [6.45, 7) is 6.68. The van der Waals surface area contributed by atoms with Crippen LogP contribution < -0.4 is 10.5 Å². The highest BCUT2D eigenvalue weighted by molar-refractivity contribution is 5.97. The van der Waals surface area contributed by atoms with E-state index in [-0.39, 0.29) is 5.91 Å². The molecule has 2 saturated heterocycles. The number of nitrogens with zero attached hydrogens (tertiary/aromatic N) is 3. The van der Waals surface area contributed by atoms with Crippen molar-refractivity contribution in [1.82, 2.24) is 14.8 Å². The van der Waals surface area contributed by atoms with Crippen molar-refractivity contribution >= 4 is 11.8 Å². The molecule has 2 aliphatic heterocycles. The van der Waals surface area contributed by atoms with Gasteiger partial charge in [0.2, 0.25) is 11.8 Å². The fourth-order valence-corrected chi connectivity index (χ4v) is 5.12. The summed E-state index contributed by atoms with van der Waals surface area (Å²) in [5.41, 5.74) is 6.76. The molecule has 1 aromatic heterocycles. The largest absolute Gasteiger partial charge is 0.477 e. The minimum atomic E-state index is -1.16. The average Bonchev–Trinajstić information content (AvgIpc) is 2.87. The second-order valence-electron chi connectivity index (χ2n) is 10.6. The van der Waals surface area contributed by atoms with Gasteiger partial charge in [-0.2, -0.15) is 0 Å². The van der Waals surface area contributed by atoms with Crippen LogP contribution in [0.5, 0.6) is 5.88 Å². The molecule has 0 aliphatic carbocycles. The number of hydrogen-bond acceptors (Lipinski definition) is 5. The van der Waals surface area contributed by atoms with Crippen LogP contribution in [0, 0.1) is 5.92 Å². The van der Waals surface area contributed by atoms with E-state index in [4.69, 9.17) is 10.5 Å². The monoisotopic (exact) mass is 496 g/mol. The van der Waals surface area contributed by atoms with Crippen molar-refractivity contribution in [1.29, 1.82) is 0 Å². The molecular formula is C28H37FN4O3. The van der Waals surface area contributed by atoms with Gasteiger partial charge in [-0.1, -0.05) is 12.1 Å². The van der Waals surface area contributed by atoms with Crippen LogP contribution in [-0.2, 0) is 4.79 Å². The van der Waals surface area contributed by atoms with Crippen LogP contribution in [0.3, 0.4) is 0 Å². The molecule has 0 spiro atoms. The Morgan fingerprint density at radius 1 is 1.03 bits per heavy atom. The maximum atomic E-state index is 13.9. The molecule has 8 heteroatoms. The van der Waals surface area contributed by atoms with Crippen molar-refractivity contribution < 1.29 is 18.7 Å². The van der Waals surface area contributed by atoms with Crippen LogP contribution in [0.2, 0.25) is 0 Å². The third-order valence-electron chi connectivity index (χ3n) is 7.07. The third-order valence-corrected chi connectivity index (χ3v) is 7.07. The number of alkyl halides is 1. The SMILES string of the molecule is CC(C)(F)CN1CCC(COc2ccc(-c3ccc(C(=O)N4CCCC[C@@H]4C(N)=O)cc3)cn2)CC1. The van der Waals surface area contributed by atoms with Crippen LogP contribution in [0.4, 0.5) is 4.39 Å². The first-order chi connectivity index (χ1) is 17.2. The Morgan fingerprint density at radius 3 is 2.33 bits per heavy atom. The highest BCUT2D eigenvalue weighted by Gasteiger charge is 2.31. The normalized spacial score (nSPS) is 19.8. The number of primary amides is 1. The van der Waals surface area contributed by atoms with E-state index in [0.717, 1.165) is 49.9 Å². The maximum Gasteiger partial charge on any atom is 0.254 e. The molecule has 0 saturated carbocycles. The summed E-state index contributed by atoms with van der Waals surface area (Å²) >= 11 is 0. The minimum Gasteiger partial charge on any atom is -0.477 e. The summed E-state index contributed by atoms with van der Waals surface area (Å²) in [5, 5.41) is 0.